The number of aliphatic imine (C=N–C) groups is 1. The van der Waals surface area contributed by atoms with E-state index in [1.54, 1.807) is 24.9 Å². The molecule has 0 amide bonds. The van der Waals surface area contributed by atoms with Gasteiger partial charge in [-0.1, -0.05) is 24.1 Å². The largest absolute Gasteiger partial charge is 0.487 e. The van der Waals surface area contributed by atoms with Gasteiger partial charge >= 0.3 is 0 Å². The Morgan fingerprint density at radius 2 is 2.06 bits per heavy atom. The molecule has 2 aromatic carbocycles. The summed E-state index contributed by atoms with van der Waals surface area (Å²) in [6.45, 7) is 1.69. The first-order chi connectivity index (χ1) is 16.3. The second-order valence-electron chi connectivity index (χ2n) is 7.46. The van der Waals surface area contributed by atoms with E-state index < -0.39 is 0 Å². The number of nitrogens with zero attached hydrogens (tertiary/aromatic N) is 5. The number of rotatable bonds is 7. The molecular weight excluding hydrogens is 414 g/mol. The maximum Gasteiger partial charge on any atom is 0.227 e. The van der Waals surface area contributed by atoms with Crippen LogP contribution in [0.25, 0.3) is 10.9 Å². The summed E-state index contributed by atoms with van der Waals surface area (Å²) in [6.07, 6.45) is 12.7. The highest BCUT2D eigenvalue weighted by Gasteiger charge is 2.10. The van der Waals surface area contributed by atoms with Crippen LogP contribution >= 0.6 is 0 Å². The summed E-state index contributed by atoms with van der Waals surface area (Å²) in [7, 11) is 0. The van der Waals surface area contributed by atoms with Gasteiger partial charge in [-0.2, -0.15) is 0 Å². The van der Waals surface area contributed by atoms with Gasteiger partial charge in [0, 0.05) is 41.3 Å². The van der Waals surface area contributed by atoms with Crippen LogP contribution in [0.3, 0.4) is 0 Å². The Bertz CT molecular complexity index is 1350. The normalized spacial score (nSPS) is 12.6. The number of hydrogen-bond acceptors (Lipinski definition) is 8. The number of fused-ring (bicyclic) bond motifs is 1. The minimum Gasteiger partial charge on any atom is -0.487 e. The monoisotopic (exact) mass is 435 g/mol. The number of pyridine rings is 1. The smallest absolute Gasteiger partial charge is 0.227 e. The Morgan fingerprint density at radius 1 is 1.12 bits per heavy atom. The van der Waals surface area contributed by atoms with E-state index in [1.165, 1.54) is 0 Å². The van der Waals surface area contributed by atoms with Crippen molar-refractivity contribution >= 4 is 28.9 Å². The quantitative estimate of drug-likeness (QED) is 0.429. The molecule has 0 saturated heterocycles. The van der Waals surface area contributed by atoms with Gasteiger partial charge in [-0.05, 0) is 29.8 Å². The van der Waals surface area contributed by atoms with Crippen LogP contribution in [0.15, 0.2) is 72.1 Å². The number of benzene rings is 2. The van der Waals surface area contributed by atoms with Crippen LogP contribution in [-0.2, 0) is 13.2 Å². The zero-order valence-electron chi connectivity index (χ0n) is 17.8. The van der Waals surface area contributed by atoms with Gasteiger partial charge in [0.15, 0.2) is 0 Å². The molecule has 0 fully saturated rings. The minimum absolute atomic E-state index is 0.369. The summed E-state index contributed by atoms with van der Waals surface area (Å²) in [5, 5.41) is 6.07. The molecule has 1 aliphatic rings. The van der Waals surface area contributed by atoms with Gasteiger partial charge in [-0.25, -0.2) is 15.4 Å². The number of terminal acetylenes is 1. The van der Waals surface area contributed by atoms with Gasteiger partial charge in [0.2, 0.25) is 5.95 Å². The zero-order valence-corrected chi connectivity index (χ0v) is 17.8. The number of aromatic nitrogens is 3. The third kappa shape index (κ3) is 4.89. The molecular formula is C25H21N7O. The van der Waals surface area contributed by atoms with Gasteiger partial charge in [-0.15, -0.1) is 6.42 Å². The SMILES string of the molecule is C#Cc1cc2cnc(Nc3cccc(CN4C=NCN4)c3)nc2cc1OCc1cccnc1. The number of nitrogens with one attached hydrogen (secondary N) is 2. The lowest BCUT2D eigenvalue weighted by atomic mass is 10.1. The molecule has 2 aromatic heterocycles. The van der Waals surface area contributed by atoms with Crippen molar-refractivity contribution in [1.82, 2.24) is 25.4 Å². The van der Waals surface area contributed by atoms with E-state index >= 15 is 0 Å². The van der Waals surface area contributed by atoms with E-state index in [1.807, 2.05) is 41.4 Å². The zero-order chi connectivity index (χ0) is 22.5. The lowest BCUT2D eigenvalue weighted by Gasteiger charge is -2.15. The number of hydrazine groups is 1. The molecule has 0 bridgehead atoms. The van der Waals surface area contributed by atoms with Crippen molar-refractivity contribution in [2.75, 3.05) is 12.0 Å². The summed E-state index contributed by atoms with van der Waals surface area (Å²) < 4.78 is 5.97. The van der Waals surface area contributed by atoms with Crippen molar-refractivity contribution in [3.05, 3.63) is 83.8 Å². The van der Waals surface area contributed by atoms with Crippen LogP contribution in [0.4, 0.5) is 11.6 Å². The summed E-state index contributed by atoms with van der Waals surface area (Å²) in [4.78, 5) is 17.4. The summed E-state index contributed by atoms with van der Waals surface area (Å²) >= 11 is 0. The summed E-state index contributed by atoms with van der Waals surface area (Å²) in [5.74, 6) is 3.77. The maximum atomic E-state index is 5.97. The van der Waals surface area contributed by atoms with Gasteiger partial charge in [0.1, 0.15) is 25.4 Å². The Morgan fingerprint density at radius 3 is 2.88 bits per heavy atom. The van der Waals surface area contributed by atoms with Gasteiger partial charge in [0.25, 0.3) is 0 Å². The second-order valence-corrected chi connectivity index (χ2v) is 7.46. The van der Waals surface area contributed by atoms with E-state index in [4.69, 9.17) is 11.2 Å². The van der Waals surface area contributed by atoms with Crippen molar-refractivity contribution in [3.8, 4) is 18.1 Å². The van der Waals surface area contributed by atoms with Gasteiger partial charge < -0.3 is 10.1 Å². The van der Waals surface area contributed by atoms with E-state index in [9.17, 15) is 0 Å². The molecule has 162 valence electrons. The van der Waals surface area contributed by atoms with Crippen molar-refractivity contribution < 1.29 is 4.74 Å². The number of hydrogen-bond donors (Lipinski definition) is 2. The Labute approximate surface area is 191 Å². The fourth-order valence-corrected chi connectivity index (χ4v) is 3.48. The van der Waals surface area contributed by atoms with E-state index in [0.29, 0.717) is 37.1 Å². The fraction of sp³-hybridized carbons (Fsp3) is 0.120. The fourth-order valence-electron chi connectivity index (χ4n) is 3.48. The Hall–Kier alpha value is -4.48. The number of anilines is 2. The standard InChI is InChI=1S/C25H21N7O/c1-2-20-10-21-13-28-25(30-22-7-3-5-18(9-22)14-32-17-27-16-29-32)31-23(21)11-24(20)33-15-19-6-4-8-26-12-19/h1,3-13,17,29H,14-16H2,(H,28,30,31). The third-order valence-electron chi connectivity index (χ3n) is 5.08. The van der Waals surface area contributed by atoms with E-state index in [0.717, 1.165) is 27.7 Å². The molecule has 0 spiro atoms. The third-order valence-corrected chi connectivity index (χ3v) is 5.08. The van der Waals surface area contributed by atoms with Crippen LogP contribution in [0, 0.1) is 12.3 Å². The number of ether oxygens (including phenoxy) is 1. The van der Waals surface area contributed by atoms with E-state index in [2.05, 4.69) is 48.7 Å². The van der Waals surface area contributed by atoms with Gasteiger partial charge in [-0.3, -0.25) is 15.0 Å². The Balaban J connectivity index is 1.36. The van der Waals surface area contributed by atoms with Crippen LogP contribution in [0.2, 0.25) is 0 Å². The molecule has 0 saturated carbocycles. The minimum atomic E-state index is 0.369. The molecule has 0 aliphatic carbocycles. The first kappa shape index (κ1) is 20.4. The highest BCUT2D eigenvalue weighted by molar-refractivity contribution is 5.83. The molecule has 1 aliphatic heterocycles. The summed E-state index contributed by atoms with van der Waals surface area (Å²) in [6, 6.07) is 15.6. The van der Waals surface area contributed by atoms with E-state index in [-0.39, 0.29) is 0 Å². The molecule has 4 aromatic rings. The molecule has 8 heteroatoms. The topological polar surface area (TPSA) is 87.6 Å². The maximum absolute atomic E-state index is 5.97. The van der Waals surface area contributed by atoms with Gasteiger partial charge in [0.05, 0.1) is 17.6 Å². The molecule has 0 unspecified atom stereocenters. The predicted octanol–water partition coefficient (Wildman–Crippen LogP) is 3.63. The average Bonchev–Trinajstić information content (AvgIpc) is 3.36. The molecule has 33 heavy (non-hydrogen) atoms. The summed E-state index contributed by atoms with van der Waals surface area (Å²) in [5.41, 5.74) is 7.55. The Kier molecular flexibility index (Phi) is 5.78. The van der Waals surface area contributed by atoms with Crippen LogP contribution in [-0.4, -0.2) is 33.0 Å². The molecule has 8 nitrogen and oxygen atoms in total. The molecule has 0 radical (unpaired) electrons. The highest BCUT2D eigenvalue weighted by atomic mass is 16.5. The first-order valence-corrected chi connectivity index (χ1v) is 10.4. The average molecular weight is 435 g/mol. The van der Waals surface area contributed by atoms with Crippen molar-refractivity contribution in [1.29, 1.82) is 0 Å². The van der Waals surface area contributed by atoms with Crippen LogP contribution in [0.1, 0.15) is 16.7 Å². The predicted molar refractivity (Wildman–Crippen MR) is 128 cm³/mol. The lowest BCUT2D eigenvalue weighted by molar-refractivity contribution is 0.305. The van der Waals surface area contributed by atoms with Crippen molar-refractivity contribution in [2.45, 2.75) is 13.2 Å². The molecule has 2 N–H and O–H groups in total. The second kappa shape index (κ2) is 9.34. The molecule has 0 atom stereocenters. The highest BCUT2D eigenvalue weighted by Crippen LogP contribution is 2.26. The lowest BCUT2D eigenvalue weighted by Crippen LogP contribution is -2.30. The molecule has 3 heterocycles. The van der Waals surface area contributed by atoms with Crippen molar-refractivity contribution in [2.24, 2.45) is 4.99 Å². The van der Waals surface area contributed by atoms with Crippen LogP contribution < -0.4 is 15.5 Å². The first-order valence-electron chi connectivity index (χ1n) is 10.4. The van der Waals surface area contributed by atoms with Crippen molar-refractivity contribution in [3.63, 3.8) is 0 Å². The van der Waals surface area contributed by atoms with Crippen LogP contribution in [0.5, 0.6) is 5.75 Å². The molecule has 5 rings (SSSR count).